The number of benzene rings is 3. The molecule has 168 valence electrons. The van der Waals surface area contributed by atoms with Gasteiger partial charge < -0.3 is 14.6 Å². The van der Waals surface area contributed by atoms with Crippen LogP contribution in [0.4, 0.5) is 4.39 Å². The van der Waals surface area contributed by atoms with Gasteiger partial charge in [0.15, 0.2) is 0 Å². The van der Waals surface area contributed by atoms with Crippen LogP contribution in [-0.2, 0) is 30.7 Å². The maximum Gasteiger partial charge on any atom is 0.223 e. The lowest BCUT2D eigenvalue weighted by molar-refractivity contribution is -0.125. The van der Waals surface area contributed by atoms with Crippen LogP contribution in [0.25, 0.3) is 10.9 Å². The summed E-state index contributed by atoms with van der Waals surface area (Å²) in [7, 11) is 1.64. The molecule has 5 heteroatoms. The van der Waals surface area contributed by atoms with Gasteiger partial charge in [-0.2, -0.15) is 0 Å². The molecule has 33 heavy (non-hydrogen) atoms. The first-order chi connectivity index (χ1) is 16.1. The largest absolute Gasteiger partial charge is 0.496 e. The SMILES string of the molecule is COc1ccccc1CNC(=O)C1CCc2c(c3ccccc3n2Cc2cccc(F)c2)C1. The molecule has 0 radical (unpaired) electrons. The van der Waals surface area contributed by atoms with Crippen molar-refractivity contribution in [3.8, 4) is 5.75 Å². The van der Waals surface area contributed by atoms with E-state index in [1.54, 1.807) is 19.2 Å². The van der Waals surface area contributed by atoms with Crippen molar-refractivity contribution in [1.29, 1.82) is 0 Å². The van der Waals surface area contributed by atoms with Crippen LogP contribution < -0.4 is 10.1 Å². The van der Waals surface area contributed by atoms with Gasteiger partial charge in [-0.3, -0.25) is 4.79 Å². The van der Waals surface area contributed by atoms with Crippen molar-refractivity contribution in [3.05, 3.63) is 101 Å². The molecule has 0 saturated heterocycles. The maximum atomic E-state index is 13.8. The molecule has 0 saturated carbocycles. The summed E-state index contributed by atoms with van der Waals surface area (Å²) < 4.78 is 21.5. The Balaban J connectivity index is 1.38. The molecule has 5 rings (SSSR count). The van der Waals surface area contributed by atoms with Crippen molar-refractivity contribution in [2.24, 2.45) is 5.92 Å². The molecule has 0 aliphatic heterocycles. The number of carbonyl (C=O) groups is 1. The molecule has 1 heterocycles. The quantitative estimate of drug-likeness (QED) is 0.443. The number of fused-ring (bicyclic) bond motifs is 3. The van der Waals surface area contributed by atoms with E-state index in [0.717, 1.165) is 35.2 Å². The van der Waals surface area contributed by atoms with Gasteiger partial charge in [0.05, 0.1) is 7.11 Å². The zero-order chi connectivity index (χ0) is 22.8. The van der Waals surface area contributed by atoms with E-state index in [-0.39, 0.29) is 17.6 Å². The van der Waals surface area contributed by atoms with E-state index in [9.17, 15) is 9.18 Å². The fourth-order valence-electron chi connectivity index (χ4n) is 5.00. The number of nitrogens with one attached hydrogen (secondary N) is 1. The van der Waals surface area contributed by atoms with Gasteiger partial charge in [0.25, 0.3) is 0 Å². The van der Waals surface area contributed by atoms with Gasteiger partial charge in [-0.25, -0.2) is 4.39 Å². The Morgan fingerprint density at radius 2 is 1.91 bits per heavy atom. The molecule has 1 aliphatic carbocycles. The van der Waals surface area contributed by atoms with Crippen LogP contribution in [0.1, 0.15) is 28.8 Å². The maximum absolute atomic E-state index is 13.8. The number of para-hydroxylation sites is 2. The number of methoxy groups -OCH3 is 1. The van der Waals surface area contributed by atoms with E-state index in [0.29, 0.717) is 19.5 Å². The molecule has 1 aromatic heterocycles. The topological polar surface area (TPSA) is 43.3 Å². The number of aromatic nitrogens is 1. The molecule has 0 spiro atoms. The number of ether oxygens (including phenoxy) is 1. The van der Waals surface area contributed by atoms with E-state index < -0.39 is 0 Å². The lowest BCUT2D eigenvalue weighted by atomic mass is 9.85. The highest BCUT2D eigenvalue weighted by atomic mass is 19.1. The van der Waals surface area contributed by atoms with Gasteiger partial charge in [-0.15, -0.1) is 0 Å². The van der Waals surface area contributed by atoms with Crippen molar-refractivity contribution >= 4 is 16.8 Å². The Morgan fingerprint density at radius 1 is 1.09 bits per heavy atom. The number of amides is 1. The van der Waals surface area contributed by atoms with Gasteiger partial charge in [0.2, 0.25) is 5.91 Å². The molecular weight excluding hydrogens is 415 g/mol. The molecule has 4 nitrogen and oxygen atoms in total. The smallest absolute Gasteiger partial charge is 0.223 e. The minimum Gasteiger partial charge on any atom is -0.496 e. The van der Waals surface area contributed by atoms with Gasteiger partial charge in [0, 0.05) is 41.2 Å². The fourth-order valence-corrected chi connectivity index (χ4v) is 5.00. The average Bonchev–Trinajstić information content (AvgIpc) is 3.15. The number of halogens is 1. The molecule has 0 fully saturated rings. The summed E-state index contributed by atoms with van der Waals surface area (Å²) in [6, 6.07) is 22.9. The van der Waals surface area contributed by atoms with E-state index >= 15 is 0 Å². The average molecular weight is 443 g/mol. The lowest BCUT2D eigenvalue weighted by Crippen LogP contribution is -2.34. The van der Waals surface area contributed by atoms with Crippen LogP contribution in [-0.4, -0.2) is 17.6 Å². The third kappa shape index (κ3) is 4.23. The minimum atomic E-state index is -0.218. The predicted molar refractivity (Wildman–Crippen MR) is 128 cm³/mol. The second kappa shape index (κ2) is 9.10. The van der Waals surface area contributed by atoms with Crippen LogP contribution in [0.15, 0.2) is 72.8 Å². The third-order valence-corrected chi connectivity index (χ3v) is 6.62. The number of nitrogens with zero attached hydrogens (tertiary/aromatic N) is 1. The molecule has 4 aromatic rings. The molecule has 1 aliphatic rings. The zero-order valence-electron chi connectivity index (χ0n) is 18.7. The summed E-state index contributed by atoms with van der Waals surface area (Å²) in [6.07, 6.45) is 2.33. The highest BCUT2D eigenvalue weighted by Gasteiger charge is 2.29. The van der Waals surface area contributed by atoms with Crippen molar-refractivity contribution in [1.82, 2.24) is 9.88 Å². The van der Waals surface area contributed by atoms with Gasteiger partial charge in [0.1, 0.15) is 11.6 Å². The summed E-state index contributed by atoms with van der Waals surface area (Å²) in [5.41, 5.74) is 5.55. The molecule has 1 amide bonds. The molecule has 3 aromatic carbocycles. The first-order valence-corrected chi connectivity index (χ1v) is 11.4. The number of hydrogen-bond acceptors (Lipinski definition) is 2. The second-order valence-corrected chi connectivity index (χ2v) is 8.63. The van der Waals surface area contributed by atoms with Crippen LogP contribution in [0.5, 0.6) is 5.75 Å². The molecule has 1 unspecified atom stereocenters. The van der Waals surface area contributed by atoms with Crippen LogP contribution in [0, 0.1) is 11.7 Å². The van der Waals surface area contributed by atoms with Crippen molar-refractivity contribution in [2.45, 2.75) is 32.4 Å². The minimum absolute atomic E-state index is 0.0689. The third-order valence-electron chi connectivity index (χ3n) is 6.62. The fraction of sp³-hybridized carbons (Fsp3) is 0.250. The van der Waals surface area contributed by atoms with Gasteiger partial charge in [-0.1, -0.05) is 48.5 Å². The Bertz CT molecular complexity index is 1310. The standard InChI is InChI=1S/C28H27FN2O2/c1-33-27-12-5-2-8-21(27)17-30-28(32)20-13-14-26-24(16-20)23-10-3-4-11-25(23)31(26)18-19-7-6-9-22(29)15-19/h2-12,15,20H,13-14,16-18H2,1H3,(H,30,32). The Morgan fingerprint density at radius 3 is 2.76 bits per heavy atom. The summed E-state index contributed by atoms with van der Waals surface area (Å²) in [5.74, 6) is 0.572. The summed E-state index contributed by atoms with van der Waals surface area (Å²) in [5, 5.41) is 4.29. The van der Waals surface area contributed by atoms with Crippen molar-refractivity contribution < 1.29 is 13.9 Å². The van der Waals surface area contributed by atoms with Crippen LogP contribution in [0.3, 0.4) is 0 Å². The number of rotatable bonds is 6. The number of carbonyl (C=O) groups excluding carboxylic acids is 1. The number of hydrogen-bond donors (Lipinski definition) is 1. The molecule has 1 N–H and O–H groups in total. The van der Waals surface area contributed by atoms with Crippen LogP contribution >= 0.6 is 0 Å². The Labute approximate surface area is 193 Å². The zero-order valence-corrected chi connectivity index (χ0v) is 18.7. The summed E-state index contributed by atoms with van der Waals surface area (Å²) in [6.45, 7) is 1.08. The Kier molecular flexibility index (Phi) is 5.86. The van der Waals surface area contributed by atoms with E-state index in [1.807, 2.05) is 42.5 Å². The monoisotopic (exact) mass is 442 g/mol. The first-order valence-electron chi connectivity index (χ1n) is 11.4. The van der Waals surface area contributed by atoms with Gasteiger partial charge >= 0.3 is 0 Å². The Hall–Kier alpha value is -3.60. The van der Waals surface area contributed by atoms with E-state index in [2.05, 4.69) is 22.0 Å². The van der Waals surface area contributed by atoms with Gasteiger partial charge in [-0.05, 0) is 54.7 Å². The molecule has 0 bridgehead atoms. The normalized spacial score (nSPS) is 15.3. The van der Waals surface area contributed by atoms with Crippen molar-refractivity contribution in [2.75, 3.05) is 7.11 Å². The lowest BCUT2D eigenvalue weighted by Gasteiger charge is -2.24. The predicted octanol–water partition coefficient (Wildman–Crippen LogP) is 5.26. The molecular formula is C28H27FN2O2. The van der Waals surface area contributed by atoms with Crippen LogP contribution in [0.2, 0.25) is 0 Å². The summed E-state index contributed by atoms with van der Waals surface area (Å²) >= 11 is 0. The first kappa shape index (κ1) is 21.3. The highest BCUT2D eigenvalue weighted by molar-refractivity contribution is 5.88. The van der Waals surface area contributed by atoms with E-state index in [4.69, 9.17) is 4.74 Å². The summed E-state index contributed by atoms with van der Waals surface area (Å²) in [4.78, 5) is 13.1. The van der Waals surface area contributed by atoms with Crippen molar-refractivity contribution in [3.63, 3.8) is 0 Å². The van der Waals surface area contributed by atoms with E-state index in [1.165, 1.54) is 22.7 Å². The highest BCUT2D eigenvalue weighted by Crippen LogP contribution is 2.35. The second-order valence-electron chi connectivity index (χ2n) is 8.63. The molecule has 1 atom stereocenters.